The molecule has 6 nitrogen and oxygen atoms in total. The number of carbonyl (C=O) groups excluding carboxylic acids is 1. The smallest absolute Gasteiger partial charge is 0.267 e. The minimum absolute atomic E-state index is 0.0222. The van der Waals surface area contributed by atoms with Crippen LogP contribution in [0.5, 0.6) is 0 Å². The molecule has 1 N–H and O–H groups in total. The second kappa shape index (κ2) is 6.07. The molecule has 20 heavy (non-hydrogen) atoms. The van der Waals surface area contributed by atoms with E-state index in [1.165, 1.54) is 22.8 Å². The maximum atomic E-state index is 11.8. The molecule has 0 unspecified atom stereocenters. The Balaban J connectivity index is 2.07. The second-order valence-electron chi connectivity index (χ2n) is 3.93. The predicted molar refractivity (Wildman–Crippen MR) is 77.1 cm³/mol. The van der Waals surface area contributed by atoms with Gasteiger partial charge in [0.05, 0.1) is 20.9 Å². The molecule has 0 bridgehead atoms. The molecule has 2 rings (SSSR count). The van der Waals surface area contributed by atoms with Crippen LogP contribution in [0.2, 0.25) is 0 Å². The Labute approximate surface area is 118 Å². The molecule has 0 radical (unpaired) electrons. The molecule has 0 fully saturated rings. The number of hydrogen-bond acceptors (Lipinski definition) is 5. The van der Waals surface area contributed by atoms with E-state index >= 15 is 0 Å². The van der Waals surface area contributed by atoms with Crippen molar-refractivity contribution in [2.24, 2.45) is 5.10 Å². The topological polar surface area (TPSA) is 84.6 Å². The molecule has 2 aromatic rings. The largest absolute Gasteiger partial charge is 0.280 e. The zero-order valence-corrected chi connectivity index (χ0v) is 11.4. The minimum Gasteiger partial charge on any atom is -0.267 e. The normalized spacial score (nSPS) is 11.2. The lowest BCUT2D eigenvalue weighted by atomic mass is 10.2. The Hall–Kier alpha value is -2.54. The summed E-state index contributed by atoms with van der Waals surface area (Å²) < 4.78 is 0. The Morgan fingerprint density at radius 3 is 2.65 bits per heavy atom. The van der Waals surface area contributed by atoms with E-state index in [2.05, 4.69) is 10.5 Å². The van der Waals surface area contributed by atoms with Gasteiger partial charge in [-0.3, -0.25) is 14.9 Å². The number of carbonyl (C=O) groups is 1. The van der Waals surface area contributed by atoms with E-state index in [1.807, 2.05) is 6.07 Å². The molecular weight excluding hydrogens is 278 g/mol. The summed E-state index contributed by atoms with van der Waals surface area (Å²) in [5, 5.41) is 16.0. The van der Waals surface area contributed by atoms with Gasteiger partial charge >= 0.3 is 0 Å². The first kappa shape index (κ1) is 13.9. The lowest BCUT2D eigenvalue weighted by Crippen LogP contribution is -2.18. The van der Waals surface area contributed by atoms with Crippen molar-refractivity contribution in [3.8, 4) is 0 Å². The average Bonchev–Trinajstić information content (AvgIpc) is 2.95. The molecule has 7 heteroatoms. The fourth-order valence-corrected chi connectivity index (χ4v) is 2.26. The highest BCUT2D eigenvalue weighted by Gasteiger charge is 2.11. The molecule has 0 spiro atoms. The van der Waals surface area contributed by atoms with Crippen LogP contribution in [0.4, 0.5) is 5.69 Å². The minimum atomic E-state index is -0.462. The van der Waals surface area contributed by atoms with Gasteiger partial charge in [-0.2, -0.15) is 5.10 Å². The van der Waals surface area contributed by atoms with E-state index in [9.17, 15) is 14.9 Å². The monoisotopic (exact) mass is 289 g/mol. The molecule has 1 amide bonds. The van der Waals surface area contributed by atoms with E-state index in [1.54, 1.807) is 31.2 Å². The van der Waals surface area contributed by atoms with Gasteiger partial charge in [-0.05, 0) is 19.1 Å². The quantitative estimate of drug-likeness (QED) is 0.533. The number of thiophene rings is 1. The Morgan fingerprint density at radius 1 is 1.35 bits per heavy atom. The predicted octanol–water partition coefficient (Wildman–Crippen LogP) is 2.81. The van der Waals surface area contributed by atoms with Gasteiger partial charge in [-0.1, -0.05) is 18.2 Å². The number of hydrazone groups is 1. The highest BCUT2D eigenvalue weighted by Crippen LogP contribution is 2.21. The second-order valence-corrected chi connectivity index (χ2v) is 4.84. The summed E-state index contributed by atoms with van der Waals surface area (Å²) in [6, 6.07) is 10.1. The van der Waals surface area contributed by atoms with Crippen molar-refractivity contribution in [2.75, 3.05) is 0 Å². The Bertz CT molecular complexity index is 665. The van der Waals surface area contributed by atoms with Crippen molar-refractivity contribution < 1.29 is 9.72 Å². The first-order valence-electron chi connectivity index (χ1n) is 5.71. The van der Waals surface area contributed by atoms with E-state index < -0.39 is 4.92 Å². The molecule has 0 aliphatic carbocycles. The summed E-state index contributed by atoms with van der Waals surface area (Å²) in [6.45, 7) is 1.68. The van der Waals surface area contributed by atoms with Crippen LogP contribution < -0.4 is 5.43 Å². The van der Waals surface area contributed by atoms with Gasteiger partial charge < -0.3 is 0 Å². The molecule has 102 valence electrons. The van der Waals surface area contributed by atoms with Crippen LogP contribution in [0.15, 0.2) is 46.9 Å². The molecule has 1 aromatic heterocycles. The van der Waals surface area contributed by atoms with Crippen LogP contribution in [-0.2, 0) is 0 Å². The summed E-state index contributed by atoms with van der Waals surface area (Å²) in [6.07, 6.45) is 0. The van der Waals surface area contributed by atoms with Crippen LogP contribution in [0.3, 0.4) is 0 Å². The summed E-state index contributed by atoms with van der Waals surface area (Å²) >= 11 is 1.21. The molecule has 0 saturated carbocycles. The zero-order valence-electron chi connectivity index (χ0n) is 10.6. The number of nitrogens with zero attached hydrogens (tertiary/aromatic N) is 2. The van der Waals surface area contributed by atoms with Gasteiger partial charge in [-0.25, -0.2) is 5.43 Å². The number of benzene rings is 1. The first-order valence-corrected chi connectivity index (χ1v) is 6.59. The third kappa shape index (κ3) is 3.27. The number of rotatable bonds is 4. The number of nitrogens with one attached hydrogen (secondary N) is 1. The lowest BCUT2D eigenvalue weighted by molar-refractivity contribution is -0.384. The standard InChI is InChI=1S/C13H11N3O3S/c1-9(12-7-11(8-20-12)16(18)19)14-15-13(17)10-5-3-2-4-6-10/h2-8H,1H3,(H,15,17). The van der Waals surface area contributed by atoms with E-state index in [4.69, 9.17) is 0 Å². The lowest BCUT2D eigenvalue weighted by Gasteiger charge is -2.00. The van der Waals surface area contributed by atoms with Gasteiger partial charge in [-0.15, -0.1) is 11.3 Å². The number of nitro groups is 1. The van der Waals surface area contributed by atoms with Gasteiger partial charge in [0.2, 0.25) is 0 Å². The fourth-order valence-electron chi connectivity index (χ4n) is 1.46. The van der Waals surface area contributed by atoms with Crippen LogP contribution >= 0.6 is 11.3 Å². The van der Waals surface area contributed by atoms with Crippen molar-refractivity contribution in [1.82, 2.24) is 5.43 Å². The Morgan fingerprint density at radius 2 is 2.05 bits per heavy atom. The molecule has 0 aliphatic rings. The van der Waals surface area contributed by atoms with E-state index in [-0.39, 0.29) is 11.6 Å². The molecule has 1 aromatic carbocycles. The van der Waals surface area contributed by atoms with Crippen LogP contribution in [0.1, 0.15) is 22.2 Å². The highest BCUT2D eigenvalue weighted by atomic mass is 32.1. The van der Waals surface area contributed by atoms with Crippen molar-refractivity contribution in [3.63, 3.8) is 0 Å². The fraction of sp³-hybridized carbons (Fsp3) is 0.0769. The van der Waals surface area contributed by atoms with Crippen molar-refractivity contribution in [1.29, 1.82) is 0 Å². The van der Waals surface area contributed by atoms with Crippen molar-refractivity contribution in [2.45, 2.75) is 6.92 Å². The molecule has 0 atom stereocenters. The van der Waals surface area contributed by atoms with E-state index in [0.29, 0.717) is 16.2 Å². The number of hydrogen-bond donors (Lipinski definition) is 1. The maximum absolute atomic E-state index is 11.8. The molecule has 0 saturated heterocycles. The van der Waals surface area contributed by atoms with Crippen molar-refractivity contribution in [3.05, 3.63) is 62.3 Å². The SMILES string of the molecule is CC(=NNC(=O)c1ccccc1)c1cc([N+](=O)[O-])cs1. The highest BCUT2D eigenvalue weighted by molar-refractivity contribution is 7.12. The van der Waals surface area contributed by atoms with Gasteiger partial charge in [0.25, 0.3) is 11.6 Å². The summed E-state index contributed by atoms with van der Waals surface area (Å²) in [7, 11) is 0. The molecule has 0 aliphatic heterocycles. The first-order chi connectivity index (χ1) is 9.58. The average molecular weight is 289 g/mol. The Kier molecular flexibility index (Phi) is 4.21. The van der Waals surface area contributed by atoms with Crippen LogP contribution in [0, 0.1) is 10.1 Å². The van der Waals surface area contributed by atoms with Crippen LogP contribution in [0.25, 0.3) is 0 Å². The number of amides is 1. The third-order valence-electron chi connectivity index (χ3n) is 2.51. The zero-order chi connectivity index (χ0) is 14.5. The van der Waals surface area contributed by atoms with Crippen molar-refractivity contribution >= 4 is 28.6 Å². The maximum Gasteiger partial charge on any atom is 0.280 e. The van der Waals surface area contributed by atoms with Gasteiger partial charge in [0.15, 0.2) is 0 Å². The van der Waals surface area contributed by atoms with Crippen LogP contribution in [-0.4, -0.2) is 16.5 Å². The molecular formula is C13H11N3O3S. The van der Waals surface area contributed by atoms with Gasteiger partial charge in [0.1, 0.15) is 0 Å². The summed E-state index contributed by atoms with van der Waals surface area (Å²) in [4.78, 5) is 22.5. The van der Waals surface area contributed by atoms with E-state index in [0.717, 1.165) is 0 Å². The summed E-state index contributed by atoms with van der Waals surface area (Å²) in [5.41, 5.74) is 3.47. The third-order valence-corrected chi connectivity index (χ3v) is 3.54. The molecule has 1 heterocycles. The van der Waals surface area contributed by atoms with Gasteiger partial charge in [0, 0.05) is 11.6 Å². The summed E-state index contributed by atoms with van der Waals surface area (Å²) in [5.74, 6) is -0.323.